The summed E-state index contributed by atoms with van der Waals surface area (Å²) in [4.78, 5) is 22.6. The predicted molar refractivity (Wildman–Crippen MR) is 109 cm³/mol. The molecular weight excluding hydrogens is 356 g/mol. The molecule has 1 N–H and O–H groups in total. The van der Waals surface area contributed by atoms with E-state index in [4.69, 9.17) is 4.98 Å². The maximum atomic E-state index is 12.5. The number of benzene rings is 2. The number of carbonyl (C=O) groups excluding carboxylic acids is 1. The van der Waals surface area contributed by atoms with Crippen LogP contribution in [0.1, 0.15) is 17.3 Å². The smallest absolute Gasteiger partial charge is 0.257 e. The van der Waals surface area contributed by atoms with E-state index in [0.29, 0.717) is 10.7 Å². The van der Waals surface area contributed by atoms with Gasteiger partial charge in [-0.3, -0.25) is 10.1 Å². The van der Waals surface area contributed by atoms with E-state index >= 15 is 0 Å². The minimum absolute atomic E-state index is 0.172. The Hall–Kier alpha value is -3.25. The Morgan fingerprint density at radius 2 is 1.78 bits per heavy atom. The third-order valence-electron chi connectivity index (χ3n) is 4.16. The van der Waals surface area contributed by atoms with Gasteiger partial charge in [0.2, 0.25) is 0 Å². The van der Waals surface area contributed by atoms with Crippen molar-refractivity contribution < 1.29 is 4.79 Å². The Morgan fingerprint density at radius 1 is 1.07 bits per heavy atom. The summed E-state index contributed by atoms with van der Waals surface area (Å²) in [5.74, 6) is -0.172. The molecule has 4 aromatic rings. The third-order valence-corrected chi connectivity index (χ3v) is 5.16. The second-order valence-corrected chi connectivity index (χ2v) is 6.97. The largest absolute Gasteiger partial charge is 0.337 e. The Bertz CT molecular complexity index is 1050. The van der Waals surface area contributed by atoms with E-state index in [9.17, 15) is 4.79 Å². The molecule has 0 spiro atoms. The Labute approximate surface area is 161 Å². The van der Waals surface area contributed by atoms with Crippen LogP contribution in [0.4, 0.5) is 5.13 Å². The number of hydrogen-bond acceptors (Lipinski definition) is 4. The highest BCUT2D eigenvalue weighted by atomic mass is 32.1. The van der Waals surface area contributed by atoms with Gasteiger partial charge in [-0.05, 0) is 19.1 Å². The summed E-state index contributed by atoms with van der Waals surface area (Å²) in [6.07, 6.45) is 3.81. The van der Waals surface area contributed by atoms with Crippen LogP contribution in [0.2, 0.25) is 0 Å². The average molecular weight is 374 g/mol. The number of aryl methyl sites for hydroxylation is 1. The topological polar surface area (TPSA) is 59.8 Å². The second kappa shape index (κ2) is 7.55. The van der Waals surface area contributed by atoms with E-state index in [2.05, 4.69) is 17.2 Å². The third kappa shape index (κ3) is 3.66. The fourth-order valence-corrected chi connectivity index (χ4v) is 3.69. The summed E-state index contributed by atoms with van der Waals surface area (Å²) >= 11 is 1.44. The molecule has 5 nitrogen and oxygen atoms in total. The molecule has 0 saturated heterocycles. The highest BCUT2D eigenvalue weighted by Gasteiger charge is 2.18. The van der Waals surface area contributed by atoms with Gasteiger partial charge in [0.1, 0.15) is 5.69 Å². The number of rotatable bonds is 5. The number of anilines is 1. The standard InChI is InChI=1S/C21H18N4OS/c1-2-25-13-17(22-14-25)19-18(15-9-5-3-6-10-15)23-21(27-19)24-20(26)16-11-7-4-8-12-16/h3-14H,2H2,1H3,(H,23,24,26). The summed E-state index contributed by atoms with van der Waals surface area (Å²) < 4.78 is 2.02. The van der Waals surface area contributed by atoms with Gasteiger partial charge in [-0.25, -0.2) is 9.97 Å². The van der Waals surface area contributed by atoms with Crippen molar-refractivity contribution in [1.29, 1.82) is 0 Å². The van der Waals surface area contributed by atoms with Gasteiger partial charge < -0.3 is 4.57 Å². The number of nitrogens with one attached hydrogen (secondary N) is 1. The minimum Gasteiger partial charge on any atom is -0.337 e. The van der Waals surface area contributed by atoms with Crippen LogP contribution in [0.5, 0.6) is 0 Å². The number of nitrogens with zero attached hydrogens (tertiary/aromatic N) is 3. The molecule has 0 aliphatic heterocycles. The summed E-state index contributed by atoms with van der Waals surface area (Å²) in [7, 11) is 0. The lowest BCUT2D eigenvalue weighted by Crippen LogP contribution is -2.11. The van der Waals surface area contributed by atoms with Crippen molar-refractivity contribution in [2.24, 2.45) is 0 Å². The van der Waals surface area contributed by atoms with Crippen molar-refractivity contribution in [2.45, 2.75) is 13.5 Å². The highest BCUT2D eigenvalue weighted by molar-refractivity contribution is 7.19. The zero-order valence-corrected chi connectivity index (χ0v) is 15.6. The summed E-state index contributed by atoms with van der Waals surface area (Å²) in [6.45, 7) is 2.92. The second-order valence-electron chi connectivity index (χ2n) is 5.97. The molecule has 2 heterocycles. The van der Waals surface area contributed by atoms with E-state index in [1.807, 2.05) is 65.6 Å². The molecule has 2 aromatic carbocycles. The fraction of sp³-hybridized carbons (Fsp3) is 0.0952. The van der Waals surface area contributed by atoms with Crippen LogP contribution in [0, 0.1) is 0 Å². The molecule has 0 aliphatic carbocycles. The van der Waals surface area contributed by atoms with Gasteiger partial charge in [-0.1, -0.05) is 59.9 Å². The van der Waals surface area contributed by atoms with Crippen LogP contribution < -0.4 is 5.32 Å². The molecule has 0 atom stereocenters. The lowest BCUT2D eigenvalue weighted by atomic mass is 10.1. The van der Waals surface area contributed by atoms with E-state index in [1.165, 1.54) is 11.3 Å². The van der Waals surface area contributed by atoms with Gasteiger partial charge in [0, 0.05) is 23.9 Å². The first-order valence-electron chi connectivity index (χ1n) is 8.69. The summed E-state index contributed by atoms with van der Waals surface area (Å²) in [5.41, 5.74) is 3.28. The van der Waals surface area contributed by atoms with Crippen molar-refractivity contribution in [3.8, 4) is 21.8 Å². The molecule has 0 radical (unpaired) electrons. The van der Waals surface area contributed by atoms with E-state index < -0.39 is 0 Å². The lowest BCUT2D eigenvalue weighted by molar-refractivity contribution is 0.102. The molecule has 0 aliphatic rings. The maximum absolute atomic E-state index is 12.5. The van der Waals surface area contributed by atoms with E-state index in [0.717, 1.165) is 28.4 Å². The molecule has 0 unspecified atom stereocenters. The van der Waals surface area contributed by atoms with Crippen LogP contribution in [0.3, 0.4) is 0 Å². The van der Waals surface area contributed by atoms with Gasteiger partial charge in [-0.2, -0.15) is 0 Å². The molecule has 134 valence electrons. The molecule has 0 fully saturated rings. The van der Waals surface area contributed by atoms with Crippen LogP contribution >= 0.6 is 11.3 Å². The first-order chi connectivity index (χ1) is 13.2. The van der Waals surface area contributed by atoms with Crippen molar-refractivity contribution in [3.63, 3.8) is 0 Å². The summed E-state index contributed by atoms with van der Waals surface area (Å²) in [6, 6.07) is 19.1. The Morgan fingerprint density at radius 3 is 2.44 bits per heavy atom. The average Bonchev–Trinajstić information content (AvgIpc) is 3.36. The first kappa shape index (κ1) is 17.2. The molecule has 1 amide bonds. The van der Waals surface area contributed by atoms with Gasteiger partial charge >= 0.3 is 0 Å². The molecule has 0 bridgehead atoms. The van der Waals surface area contributed by atoms with Crippen molar-refractivity contribution in [2.75, 3.05) is 5.32 Å². The number of hydrogen-bond donors (Lipinski definition) is 1. The number of amides is 1. The van der Waals surface area contributed by atoms with Crippen LogP contribution in [-0.4, -0.2) is 20.4 Å². The number of aromatic nitrogens is 3. The van der Waals surface area contributed by atoms with Crippen molar-refractivity contribution >= 4 is 22.4 Å². The maximum Gasteiger partial charge on any atom is 0.257 e. The van der Waals surface area contributed by atoms with Gasteiger partial charge in [-0.15, -0.1) is 0 Å². The molecule has 0 saturated carbocycles. The molecule has 6 heteroatoms. The van der Waals surface area contributed by atoms with Gasteiger partial charge in [0.25, 0.3) is 5.91 Å². The normalized spacial score (nSPS) is 10.7. The minimum atomic E-state index is -0.172. The number of carbonyl (C=O) groups is 1. The van der Waals surface area contributed by atoms with Crippen molar-refractivity contribution in [3.05, 3.63) is 78.8 Å². The zero-order valence-electron chi connectivity index (χ0n) is 14.8. The SMILES string of the molecule is CCn1cnc(-c2sc(NC(=O)c3ccccc3)nc2-c2ccccc2)c1. The fourth-order valence-electron chi connectivity index (χ4n) is 2.75. The highest BCUT2D eigenvalue weighted by Crippen LogP contribution is 2.38. The predicted octanol–water partition coefficient (Wildman–Crippen LogP) is 4.95. The van der Waals surface area contributed by atoms with E-state index in [1.54, 1.807) is 12.1 Å². The molecule has 2 aromatic heterocycles. The quantitative estimate of drug-likeness (QED) is 0.538. The van der Waals surface area contributed by atoms with Crippen LogP contribution in [0.15, 0.2) is 73.2 Å². The molecular formula is C21H18N4OS. The lowest BCUT2D eigenvalue weighted by Gasteiger charge is -2.00. The number of imidazole rings is 1. The summed E-state index contributed by atoms with van der Waals surface area (Å²) in [5, 5.41) is 3.47. The van der Waals surface area contributed by atoms with E-state index in [-0.39, 0.29) is 5.91 Å². The Balaban J connectivity index is 1.72. The monoisotopic (exact) mass is 374 g/mol. The molecule has 27 heavy (non-hydrogen) atoms. The van der Waals surface area contributed by atoms with Gasteiger partial charge in [0.15, 0.2) is 5.13 Å². The number of thiazole rings is 1. The molecule has 4 rings (SSSR count). The van der Waals surface area contributed by atoms with Crippen LogP contribution in [-0.2, 0) is 6.54 Å². The van der Waals surface area contributed by atoms with Gasteiger partial charge in [0.05, 0.1) is 16.9 Å². The Kier molecular flexibility index (Phi) is 4.80. The zero-order chi connectivity index (χ0) is 18.6. The van der Waals surface area contributed by atoms with Crippen LogP contribution in [0.25, 0.3) is 21.8 Å². The van der Waals surface area contributed by atoms with Crippen molar-refractivity contribution in [1.82, 2.24) is 14.5 Å². The first-order valence-corrected chi connectivity index (χ1v) is 9.51.